The lowest BCUT2D eigenvalue weighted by atomic mass is 10.0. The summed E-state index contributed by atoms with van der Waals surface area (Å²) >= 11 is 0. The molecule has 1 N–H and O–H groups in total. The first-order valence-corrected chi connectivity index (χ1v) is 6.13. The molecule has 1 atom stereocenters. The Morgan fingerprint density at radius 1 is 1.33 bits per heavy atom. The zero-order valence-corrected chi connectivity index (χ0v) is 10.4. The molecule has 0 fully saturated rings. The second kappa shape index (κ2) is 5.31. The van der Waals surface area contributed by atoms with Crippen molar-refractivity contribution >= 4 is 17.4 Å². The molecule has 0 spiro atoms. The number of Topliss-reactive ketones (excluding diaryl/α,β-unsaturated/α-hetero) is 1. The van der Waals surface area contributed by atoms with Crippen molar-refractivity contribution in [2.45, 2.75) is 25.7 Å². The molecule has 1 aliphatic heterocycles. The van der Waals surface area contributed by atoms with E-state index in [-0.39, 0.29) is 37.1 Å². The fourth-order valence-corrected chi connectivity index (χ4v) is 2.31. The van der Waals surface area contributed by atoms with E-state index in [1.165, 1.54) is 6.92 Å². The van der Waals surface area contributed by atoms with E-state index in [9.17, 15) is 14.7 Å². The monoisotopic (exact) mass is 247 g/mol. The summed E-state index contributed by atoms with van der Waals surface area (Å²) in [5, 5.41) is 9.34. The number of aliphatic hydroxyl groups is 1. The van der Waals surface area contributed by atoms with Crippen molar-refractivity contribution < 1.29 is 14.7 Å². The maximum absolute atomic E-state index is 12.1. The summed E-state index contributed by atoms with van der Waals surface area (Å²) in [6.45, 7) is 2.03. The van der Waals surface area contributed by atoms with E-state index in [1.54, 1.807) is 4.90 Å². The van der Waals surface area contributed by atoms with Gasteiger partial charge in [-0.1, -0.05) is 18.2 Å². The molecule has 0 radical (unpaired) electrons. The Morgan fingerprint density at radius 3 is 2.72 bits per heavy atom. The van der Waals surface area contributed by atoms with Crippen LogP contribution >= 0.6 is 0 Å². The largest absolute Gasteiger partial charge is 0.396 e. The van der Waals surface area contributed by atoms with Gasteiger partial charge in [-0.25, -0.2) is 0 Å². The van der Waals surface area contributed by atoms with Gasteiger partial charge in [0.05, 0.1) is 6.61 Å². The predicted molar refractivity (Wildman–Crippen MR) is 68.5 cm³/mol. The van der Waals surface area contributed by atoms with Crippen LogP contribution in [0.15, 0.2) is 24.3 Å². The molecule has 1 aromatic carbocycles. The number of hydrogen-bond acceptors (Lipinski definition) is 3. The highest BCUT2D eigenvalue weighted by Gasteiger charge is 2.31. The van der Waals surface area contributed by atoms with E-state index >= 15 is 0 Å². The quantitative estimate of drug-likeness (QED) is 0.876. The van der Waals surface area contributed by atoms with Gasteiger partial charge in [-0.3, -0.25) is 4.79 Å². The first-order chi connectivity index (χ1) is 8.63. The van der Waals surface area contributed by atoms with Crippen LogP contribution in [0.3, 0.4) is 0 Å². The van der Waals surface area contributed by atoms with Crippen LogP contribution in [-0.2, 0) is 9.59 Å². The highest BCUT2D eigenvalue weighted by atomic mass is 16.3. The van der Waals surface area contributed by atoms with Crippen molar-refractivity contribution in [2.75, 3.05) is 18.1 Å². The molecular weight excluding hydrogens is 230 g/mol. The molecule has 1 heterocycles. The predicted octanol–water partition coefficient (Wildman–Crippen LogP) is 1.48. The van der Waals surface area contributed by atoms with Crippen LogP contribution in [0.2, 0.25) is 0 Å². The van der Waals surface area contributed by atoms with Gasteiger partial charge in [0.15, 0.2) is 0 Å². The van der Waals surface area contributed by atoms with Gasteiger partial charge in [0, 0.05) is 31.0 Å². The molecular formula is C14H17NO3. The fraction of sp³-hybridized carbons (Fsp3) is 0.429. The number of carbonyl (C=O) groups excluding carboxylic acids is 2. The average Bonchev–Trinajstić information content (AvgIpc) is 2.75. The molecule has 0 saturated heterocycles. The zero-order chi connectivity index (χ0) is 13.1. The minimum absolute atomic E-state index is 0.0116. The van der Waals surface area contributed by atoms with Gasteiger partial charge in [-0.05, 0) is 18.6 Å². The number of anilines is 1. The first kappa shape index (κ1) is 12.8. The van der Waals surface area contributed by atoms with Crippen LogP contribution in [0.4, 0.5) is 5.69 Å². The molecule has 18 heavy (non-hydrogen) atoms. The van der Waals surface area contributed by atoms with E-state index in [1.807, 2.05) is 24.3 Å². The highest BCUT2D eigenvalue weighted by Crippen LogP contribution is 2.36. The Labute approximate surface area is 106 Å². The van der Waals surface area contributed by atoms with E-state index in [4.69, 9.17) is 0 Å². The lowest BCUT2D eigenvalue weighted by molar-refractivity contribution is -0.123. The molecule has 2 rings (SSSR count). The fourth-order valence-electron chi connectivity index (χ4n) is 2.31. The number of aliphatic hydroxyl groups excluding tert-OH is 1. The number of hydrogen-bond donors (Lipinski definition) is 1. The number of ketones is 1. The molecule has 1 aromatic rings. The second-order valence-electron chi connectivity index (χ2n) is 4.64. The smallest absolute Gasteiger partial charge is 0.227 e. The van der Waals surface area contributed by atoms with E-state index in [0.717, 1.165) is 11.3 Å². The summed E-state index contributed by atoms with van der Waals surface area (Å²) in [5.74, 6) is -0.0365. The number of benzene rings is 1. The van der Waals surface area contributed by atoms with Crippen molar-refractivity contribution in [3.05, 3.63) is 29.8 Å². The highest BCUT2D eigenvalue weighted by molar-refractivity contribution is 5.97. The Hall–Kier alpha value is -1.68. The van der Waals surface area contributed by atoms with Gasteiger partial charge >= 0.3 is 0 Å². The number of amides is 1. The van der Waals surface area contributed by atoms with Crippen molar-refractivity contribution in [1.82, 2.24) is 0 Å². The number of nitrogens with zero attached hydrogens (tertiary/aromatic N) is 1. The summed E-state index contributed by atoms with van der Waals surface area (Å²) < 4.78 is 0. The topological polar surface area (TPSA) is 57.6 Å². The molecule has 0 aliphatic carbocycles. The molecule has 1 amide bonds. The zero-order valence-electron chi connectivity index (χ0n) is 10.4. The Bertz CT molecular complexity index is 470. The third-order valence-corrected chi connectivity index (χ3v) is 3.28. The van der Waals surface area contributed by atoms with Crippen molar-refractivity contribution in [2.24, 2.45) is 0 Å². The molecule has 4 heteroatoms. The summed E-state index contributed by atoms with van der Waals surface area (Å²) in [4.78, 5) is 24.7. The van der Waals surface area contributed by atoms with Gasteiger partial charge in [-0.15, -0.1) is 0 Å². The number of fused-ring (bicyclic) bond motifs is 1. The lowest BCUT2D eigenvalue weighted by Gasteiger charge is -2.17. The number of rotatable bonds is 4. The van der Waals surface area contributed by atoms with E-state index < -0.39 is 0 Å². The maximum Gasteiger partial charge on any atom is 0.227 e. The molecule has 0 bridgehead atoms. The van der Waals surface area contributed by atoms with Crippen LogP contribution in [0.5, 0.6) is 0 Å². The average molecular weight is 247 g/mol. The van der Waals surface area contributed by atoms with Gasteiger partial charge in [0.1, 0.15) is 5.78 Å². The maximum atomic E-state index is 12.1. The first-order valence-electron chi connectivity index (χ1n) is 6.13. The molecule has 1 aliphatic rings. The normalized spacial score (nSPS) is 17.7. The van der Waals surface area contributed by atoms with Crippen molar-refractivity contribution in [3.63, 3.8) is 0 Å². The number of carbonyl (C=O) groups is 2. The standard InChI is InChI=1S/C14H17NO3/c1-10(17)6-7-14(18)15-8-11(9-16)12-4-2-3-5-13(12)15/h2-5,11,16H,6-9H2,1H3. The lowest BCUT2D eigenvalue weighted by Crippen LogP contribution is -2.30. The Kier molecular flexibility index (Phi) is 3.77. The minimum Gasteiger partial charge on any atom is -0.396 e. The van der Waals surface area contributed by atoms with Crippen LogP contribution in [0.25, 0.3) is 0 Å². The second-order valence-corrected chi connectivity index (χ2v) is 4.64. The molecule has 0 aromatic heterocycles. The minimum atomic E-state index is -0.0476. The van der Waals surface area contributed by atoms with Crippen LogP contribution in [0.1, 0.15) is 31.2 Å². The van der Waals surface area contributed by atoms with Gasteiger partial charge in [-0.2, -0.15) is 0 Å². The van der Waals surface area contributed by atoms with Gasteiger partial charge < -0.3 is 14.8 Å². The van der Waals surface area contributed by atoms with Gasteiger partial charge in [0.2, 0.25) is 5.91 Å². The van der Waals surface area contributed by atoms with Crippen LogP contribution < -0.4 is 4.90 Å². The molecule has 1 unspecified atom stereocenters. The van der Waals surface area contributed by atoms with E-state index in [2.05, 4.69) is 0 Å². The van der Waals surface area contributed by atoms with Crippen LogP contribution in [0, 0.1) is 0 Å². The Balaban J connectivity index is 2.16. The summed E-state index contributed by atoms with van der Waals surface area (Å²) in [5.41, 5.74) is 1.88. The Morgan fingerprint density at radius 2 is 2.06 bits per heavy atom. The SMILES string of the molecule is CC(=O)CCC(=O)N1CC(CO)c2ccccc21. The summed E-state index contributed by atoms with van der Waals surface area (Å²) in [6, 6.07) is 7.61. The van der Waals surface area contributed by atoms with Gasteiger partial charge in [0.25, 0.3) is 0 Å². The third kappa shape index (κ3) is 2.43. The number of para-hydroxylation sites is 1. The van der Waals surface area contributed by atoms with E-state index in [0.29, 0.717) is 6.54 Å². The summed E-state index contributed by atoms with van der Waals surface area (Å²) in [6.07, 6.45) is 0.517. The molecule has 96 valence electrons. The van der Waals surface area contributed by atoms with Crippen molar-refractivity contribution in [3.8, 4) is 0 Å². The van der Waals surface area contributed by atoms with Crippen LogP contribution in [-0.4, -0.2) is 29.9 Å². The van der Waals surface area contributed by atoms with Crippen molar-refractivity contribution in [1.29, 1.82) is 0 Å². The molecule has 0 saturated carbocycles. The molecule has 4 nitrogen and oxygen atoms in total. The summed E-state index contributed by atoms with van der Waals surface area (Å²) in [7, 11) is 0. The third-order valence-electron chi connectivity index (χ3n) is 3.28.